The van der Waals surface area contributed by atoms with Gasteiger partial charge in [-0.15, -0.1) is 0 Å². The summed E-state index contributed by atoms with van der Waals surface area (Å²) >= 11 is 19.3. The van der Waals surface area contributed by atoms with Gasteiger partial charge >= 0.3 is 0 Å². The third-order valence-electron chi connectivity index (χ3n) is 0.903. The molecule has 0 N–H and O–H groups in total. The molecular weight excluding hydrogens is 252 g/mol. The Labute approximate surface area is 96.8 Å². The summed E-state index contributed by atoms with van der Waals surface area (Å²) in [6.07, 6.45) is 0. The summed E-state index contributed by atoms with van der Waals surface area (Å²) < 4.78 is -1.61. The zero-order chi connectivity index (χ0) is 10.3. The molecule has 0 radical (unpaired) electrons. The van der Waals surface area contributed by atoms with E-state index < -0.39 is 3.25 Å². The van der Waals surface area contributed by atoms with Gasteiger partial charge in [-0.25, -0.2) is 0 Å². The lowest BCUT2D eigenvalue weighted by atomic mass is 10.2. The van der Waals surface area contributed by atoms with Crippen LogP contribution in [-0.2, 0) is 0 Å². The summed E-state index contributed by atoms with van der Waals surface area (Å²) in [7, 11) is 0. The topological polar surface area (TPSA) is 23.8 Å². The Kier molecular flexibility index (Phi) is 6.28. The van der Waals surface area contributed by atoms with E-state index in [1.807, 2.05) is 24.3 Å². The monoisotopic (exact) mass is 255 g/mol. The number of hydrogen-bond acceptors (Lipinski definition) is 1. The molecule has 1 aromatic carbocycles. The van der Waals surface area contributed by atoms with Crippen LogP contribution in [-0.4, -0.2) is 3.25 Å². The molecule has 0 fully saturated rings. The minimum absolute atomic E-state index is 0.715. The number of rotatable bonds is 0. The third-order valence-corrected chi connectivity index (χ3v) is 0.903. The van der Waals surface area contributed by atoms with Crippen LogP contribution in [0.15, 0.2) is 30.3 Å². The van der Waals surface area contributed by atoms with Crippen LogP contribution in [0, 0.1) is 11.3 Å². The largest absolute Gasteiger partial charge is 0.266 e. The highest BCUT2D eigenvalue weighted by atomic mass is 35.6. The van der Waals surface area contributed by atoms with Gasteiger partial charge in [0.25, 0.3) is 3.25 Å². The van der Waals surface area contributed by atoms with Crippen molar-refractivity contribution in [3.8, 4) is 6.07 Å². The van der Waals surface area contributed by atoms with Crippen LogP contribution in [0.25, 0.3) is 0 Å². The molecule has 0 aromatic heterocycles. The Bertz CT molecular complexity index is 266. The lowest BCUT2D eigenvalue weighted by molar-refractivity contribution is 1.49. The molecule has 0 saturated heterocycles. The maximum absolute atomic E-state index is 8.29. The van der Waals surface area contributed by atoms with Gasteiger partial charge < -0.3 is 0 Å². The van der Waals surface area contributed by atoms with Gasteiger partial charge in [-0.05, 0) is 12.1 Å². The van der Waals surface area contributed by atoms with Crippen molar-refractivity contribution in [2.75, 3.05) is 0 Å². The molecule has 70 valence electrons. The molecule has 0 saturated carbocycles. The van der Waals surface area contributed by atoms with Crippen molar-refractivity contribution in [2.45, 2.75) is 3.25 Å². The second kappa shape index (κ2) is 6.34. The molecule has 0 heterocycles. The molecule has 0 bridgehead atoms. The van der Waals surface area contributed by atoms with Gasteiger partial charge in [0.15, 0.2) is 0 Å². The maximum Gasteiger partial charge on any atom is 0.266 e. The molecule has 1 nitrogen and oxygen atoms in total. The van der Waals surface area contributed by atoms with Crippen molar-refractivity contribution in [3.63, 3.8) is 0 Å². The smallest absolute Gasteiger partial charge is 0.192 e. The van der Waals surface area contributed by atoms with Crippen molar-refractivity contribution < 1.29 is 0 Å². The van der Waals surface area contributed by atoms with Gasteiger partial charge in [-0.3, -0.25) is 0 Å². The van der Waals surface area contributed by atoms with Crippen LogP contribution in [0.1, 0.15) is 5.56 Å². The quantitative estimate of drug-likeness (QED) is 0.641. The molecule has 5 heteroatoms. The highest BCUT2D eigenvalue weighted by Crippen LogP contribution is 2.29. The van der Waals surface area contributed by atoms with Crippen LogP contribution in [0.4, 0.5) is 0 Å². The zero-order valence-corrected chi connectivity index (χ0v) is 9.37. The number of alkyl halides is 4. The molecule has 0 unspecified atom stereocenters. The fourth-order valence-electron chi connectivity index (χ4n) is 0.513. The Morgan fingerprint density at radius 1 is 1.00 bits per heavy atom. The summed E-state index contributed by atoms with van der Waals surface area (Å²) in [5.74, 6) is 0. The summed E-state index contributed by atoms with van der Waals surface area (Å²) in [5.41, 5.74) is 0.715. The first kappa shape index (κ1) is 12.9. The standard InChI is InChI=1S/C7H5N.CCl4/c8-6-7-4-2-1-3-5-7;2-1(3,4)5/h1-5H;. The van der Waals surface area contributed by atoms with Crippen LogP contribution >= 0.6 is 46.4 Å². The molecular formula is C8H5Cl4N. The normalized spacial score (nSPS) is 9.46. The molecule has 0 atom stereocenters. The van der Waals surface area contributed by atoms with E-state index in [0.717, 1.165) is 0 Å². The van der Waals surface area contributed by atoms with E-state index in [4.69, 9.17) is 51.7 Å². The lowest BCUT2D eigenvalue weighted by Gasteiger charge is -1.91. The molecule has 13 heavy (non-hydrogen) atoms. The van der Waals surface area contributed by atoms with Crippen molar-refractivity contribution in [1.29, 1.82) is 5.26 Å². The van der Waals surface area contributed by atoms with E-state index in [1.165, 1.54) is 0 Å². The van der Waals surface area contributed by atoms with Crippen LogP contribution < -0.4 is 0 Å². The first-order valence-corrected chi connectivity index (χ1v) is 4.65. The molecule has 0 amide bonds. The van der Waals surface area contributed by atoms with Gasteiger partial charge in [0, 0.05) is 0 Å². The lowest BCUT2D eigenvalue weighted by Crippen LogP contribution is -1.81. The zero-order valence-electron chi connectivity index (χ0n) is 6.35. The van der Waals surface area contributed by atoms with E-state index in [1.54, 1.807) is 12.1 Å². The molecule has 0 spiro atoms. The van der Waals surface area contributed by atoms with E-state index in [0.29, 0.717) is 5.56 Å². The van der Waals surface area contributed by atoms with Gasteiger partial charge in [-0.2, -0.15) is 5.26 Å². The fraction of sp³-hybridized carbons (Fsp3) is 0.125. The fourth-order valence-corrected chi connectivity index (χ4v) is 0.513. The van der Waals surface area contributed by atoms with Gasteiger partial charge in [-0.1, -0.05) is 64.6 Å². The highest BCUT2D eigenvalue weighted by molar-refractivity contribution is 6.83. The second-order valence-electron chi connectivity index (χ2n) is 1.91. The number of benzene rings is 1. The predicted molar refractivity (Wildman–Crippen MR) is 57.3 cm³/mol. The molecule has 0 aliphatic heterocycles. The maximum atomic E-state index is 8.29. The average Bonchev–Trinajstić information content (AvgIpc) is 2.03. The summed E-state index contributed by atoms with van der Waals surface area (Å²) in [6, 6.07) is 11.2. The van der Waals surface area contributed by atoms with Crippen molar-refractivity contribution in [1.82, 2.24) is 0 Å². The molecule has 0 aliphatic rings. The molecule has 0 aliphatic carbocycles. The number of halogens is 4. The SMILES string of the molecule is ClC(Cl)(Cl)Cl.N#Cc1ccccc1. The summed E-state index contributed by atoms with van der Waals surface area (Å²) in [4.78, 5) is 0. The van der Waals surface area contributed by atoms with Crippen LogP contribution in [0.5, 0.6) is 0 Å². The van der Waals surface area contributed by atoms with Gasteiger partial charge in [0.05, 0.1) is 11.6 Å². The Morgan fingerprint density at radius 2 is 1.38 bits per heavy atom. The van der Waals surface area contributed by atoms with E-state index in [2.05, 4.69) is 0 Å². The minimum Gasteiger partial charge on any atom is -0.192 e. The van der Waals surface area contributed by atoms with Crippen molar-refractivity contribution in [3.05, 3.63) is 35.9 Å². The summed E-state index contributed by atoms with van der Waals surface area (Å²) in [5, 5.41) is 8.29. The Morgan fingerprint density at radius 3 is 1.62 bits per heavy atom. The minimum atomic E-state index is -1.61. The van der Waals surface area contributed by atoms with Crippen LogP contribution in [0.2, 0.25) is 0 Å². The van der Waals surface area contributed by atoms with Gasteiger partial charge in [0.1, 0.15) is 0 Å². The predicted octanol–water partition coefficient (Wildman–Crippen LogP) is 4.11. The van der Waals surface area contributed by atoms with Crippen molar-refractivity contribution in [2.24, 2.45) is 0 Å². The molecule has 1 rings (SSSR count). The van der Waals surface area contributed by atoms with Gasteiger partial charge in [0.2, 0.25) is 0 Å². The van der Waals surface area contributed by atoms with E-state index in [9.17, 15) is 0 Å². The molecule has 1 aromatic rings. The first-order chi connectivity index (χ1) is 5.93. The third kappa shape index (κ3) is 11.9. The average molecular weight is 257 g/mol. The summed E-state index contributed by atoms with van der Waals surface area (Å²) in [6.45, 7) is 0. The first-order valence-electron chi connectivity index (χ1n) is 3.14. The Hall–Kier alpha value is -0.130. The second-order valence-corrected chi connectivity index (χ2v) is 5.33. The highest BCUT2D eigenvalue weighted by Gasteiger charge is 2.11. The van der Waals surface area contributed by atoms with E-state index in [-0.39, 0.29) is 0 Å². The van der Waals surface area contributed by atoms with E-state index >= 15 is 0 Å². The number of nitriles is 1. The van der Waals surface area contributed by atoms with Crippen LogP contribution in [0.3, 0.4) is 0 Å². The Balaban J connectivity index is 0.000000252. The number of hydrogen-bond donors (Lipinski definition) is 0. The van der Waals surface area contributed by atoms with Crippen molar-refractivity contribution >= 4 is 46.4 Å². The number of nitrogens with zero attached hydrogens (tertiary/aromatic N) is 1.